The van der Waals surface area contributed by atoms with Crippen LogP contribution in [0.15, 0.2) is 0 Å². The molecule has 0 atom stereocenters. The van der Waals surface area contributed by atoms with Crippen molar-refractivity contribution in [3.63, 3.8) is 0 Å². The summed E-state index contributed by atoms with van der Waals surface area (Å²) >= 11 is 0.760. The summed E-state index contributed by atoms with van der Waals surface area (Å²) < 4.78 is 42.3. The van der Waals surface area contributed by atoms with Crippen molar-refractivity contribution < 1.29 is 27.5 Å². The van der Waals surface area contributed by atoms with E-state index < -0.39 is 24.5 Å². The summed E-state index contributed by atoms with van der Waals surface area (Å²) in [6.45, 7) is 3.28. The molecule has 1 aromatic rings. The normalized spacial score (nSPS) is 11.3. The van der Waals surface area contributed by atoms with Crippen LogP contribution >= 0.6 is 11.3 Å². The van der Waals surface area contributed by atoms with Gasteiger partial charge in [0.1, 0.15) is 11.4 Å². The molecule has 0 saturated heterocycles. The number of hydrogen-bond donors (Lipinski definition) is 0. The Morgan fingerprint density at radius 2 is 1.95 bits per heavy atom. The summed E-state index contributed by atoms with van der Waals surface area (Å²) in [5.74, 6) is -1.25. The van der Waals surface area contributed by atoms with Crippen molar-refractivity contribution in [2.75, 3.05) is 24.6 Å². The fourth-order valence-corrected chi connectivity index (χ4v) is 2.56. The van der Waals surface area contributed by atoms with Gasteiger partial charge in [-0.3, -0.25) is 4.79 Å². The molecule has 0 saturated carbocycles. The molecule has 0 aromatic carbocycles. The molecule has 0 N–H and O–H groups in total. The first-order chi connectivity index (χ1) is 9.69. The molecule has 118 valence electrons. The third-order valence-electron chi connectivity index (χ3n) is 2.43. The van der Waals surface area contributed by atoms with E-state index in [-0.39, 0.29) is 28.9 Å². The predicted octanol–water partition coefficient (Wildman–Crippen LogP) is 2.91. The SMILES string of the molecule is CCOC(=O)c1nc(N(CC)CC(F)(F)F)sc1C(C)=O. The second-order valence-electron chi connectivity index (χ2n) is 4.08. The van der Waals surface area contributed by atoms with Gasteiger partial charge in [-0.2, -0.15) is 13.2 Å². The largest absolute Gasteiger partial charge is 0.461 e. The van der Waals surface area contributed by atoms with Crippen LogP contribution in [0.2, 0.25) is 0 Å². The molecule has 0 radical (unpaired) electrons. The number of ketones is 1. The molecule has 0 bridgehead atoms. The van der Waals surface area contributed by atoms with Crippen molar-refractivity contribution in [3.05, 3.63) is 10.6 Å². The maximum atomic E-state index is 12.5. The number of halogens is 3. The number of hydrogen-bond acceptors (Lipinski definition) is 6. The second kappa shape index (κ2) is 6.88. The summed E-state index contributed by atoms with van der Waals surface area (Å²) in [5.41, 5.74) is -0.232. The van der Waals surface area contributed by atoms with Crippen molar-refractivity contribution >= 4 is 28.2 Å². The molecule has 0 aliphatic rings. The molecule has 1 heterocycles. The number of alkyl halides is 3. The highest BCUT2D eigenvalue weighted by Gasteiger charge is 2.33. The molecule has 0 fully saturated rings. The van der Waals surface area contributed by atoms with Crippen LogP contribution in [0.25, 0.3) is 0 Å². The molecule has 1 aromatic heterocycles. The van der Waals surface area contributed by atoms with Gasteiger partial charge in [0.25, 0.3) is 0 Å². The first-order valence-corrected chi connectivity index (χ1v) is 7.01. The van der Waals surface area contributed by atoms with Crippen LogP contribution in [-0.2, 0) is 4.74 Å². The van der Waals surface area contributed by atoms with Gasteiger partial charge in [0.2, 0.25) is 0 Å². The Kier molecular flexibility index (Phi) is 5.70. The van der Waals surface area contributed by atoms with Gasteiger partial charge in [-0.15, -0.1) is 0 Å². The highest BCUT2D eigenvalue weighted by molar-refractivity contribution is 7.17. The topological polar surface area (TPSA) is 59.5 Å². The van der Waals surface area contributed by atoms with Gasteiger partial charge in [-0.1, -0.05) is 11.3 Å². The molecule has 0 unspecified atom stereocenters. The highest BCUT2D eigenvalue weighted by Crippen LogP contribution is 2.29. The van der Waals surface area contributed by atoms with Crippen molar-refractivity contribution in [1.82, 2.24) is 4.98 Å². The van der Waals surface area contributed by atoms with E-state index in [1.807, 2.05) is 0 Å². The average molecular weight is 324 g/mol. The van der Waals surface area contributed by atoms with Crippen molar-refractivity contribution in [2.45, 2.75) is 26.9 Å². The van der Waals surface area contributed by atoms with E-state index in [4.69, 9.17) is 4.74 Å². The Bertz CT molecular complexity index is 528. The highest BCUT2D eigenvalue weighted by atomic mass is 32.1. The van der Waals surface area contributed by atoms with E-state index in [9.17, 15) is 22.8 Å². The minimum Gasteiger partial charge on any atom is -0.461 e. The van der Waals surface area contributed by atoms with Gasteiger partial charge in [-0.25, -0.2) is 9.78 Å². The zero-order valence-corrected chi connectivity index (χ0v) is 12.6. The van der Waals surface area contributed by atoms with Gasteiger partial charge in [0.05, 0.1) is 6.61 Å². The summed E-state index contributed by atoms with van der Waals surface area (Å²) in [6.07, 6.45) is -4.40. The van der Waals surface area contributed by atoms with Crippen LogP contribution in [0, 0.1) is 0 Å². The Morgan fingerprint density at radius 1 is 1.33 bits per heavy atom. The summed E-state index contributed by atoms with van der Waals surface area (Å²) in [5, 5.41) is -0.0249. The standard InChI is InChI=1S/C12H15F3N2O3S/c1-4-17(6-12(13,14)15)11-16-8(10(19)20-5-2)9(21-11)7(3)18/h4-6H2,1-3H3. The number of rotatable bonds is 6. The van der Waals surface area contributed by atoms with Crippen molar-refractivity contribution in [2.24, 2.45) is 0 Å². The van der Waals surface area contributed by atoms with Crippen LogP contribution in [0.4, 0.5) is 18.3 Å². The molecule has 0 aliphatic heterocycles. The number of Topliss-reactive ketones (excluding diaryl/α,β-unsaturated/α-hetero) is 1. The number of anilines is 1. The number of nitrogens with zero attached hydrogens (tertiary/aromatic N) is 2. The Balaban J connectivity index is 3.16. The van der Waals surface area contributed by atoms with Crippen LogP contribution in [0.5, 0.6) is 0 Å². The molecule has 0 amide bonds. The maximum absolute atomic E-state index is 12.5. The molecule has 5 nitrogen and oxygen atoms in total. The van der Waals surface area contributed by atoms with Crippen LogP contribution in [-0.4, -0.2) is 42.6 Å². The molecule has 0 aliphatic carbocycles. The van der Waals surface area contributed by atoms with Crippen LogP contribution < -0.4 is 4.90 Å². The molecule has 9 heteroatoms. The number of esters is 1. The first-order valence-electron chi connectivity index (χ1n) is 6.20. The molecule has 21 heavy (non-hydrogen) atoms. The number of ether oxygens (including phenoxy) is 1. The Labute approximate surface area is 123 Å². The van der Waals surface area contributed by atoms with Crippen LogP contribution in [0.3, 0.4) is 0 Å². The van der Waals surface area contributed by atoms with E-state index in [1.165, 1.54) is 13.8 Å². The number of thiazole rings is 1. The van der Waals surface area contributed by atoms with Gasteiger partial charge >= 0.3 is 12.1 Å². The lowest BCUT2D eigenvalue weighted by atomic mass is 10.3. The molecule has 0 spiro atoms. The van der Waals surface area contributed by atoms with E-state index in [0.29, 0.717) is 0 Å². The quantitative estimate of drug-likeness (QED) is 0.595. The monoisotopic (exact) mass is 324 g/mol. The lowest BCUT2D eigenvalue weighted by molar-refractivity contribution is -0.119. The minimum absolute atomic E-state index is 0.00377. The summed E-state index contributed by atoms with van der Waals surface area (Å²) in [4.78, 5) is 28.0. The van der Waals surface area contributed by atoms with Crippen LogP contribution in [0.1, 0.15) is 40.9 Å². The second-order valence-corrected chi connectivity index (χ2v) is 5.06. The summed E-state index contributed by atoms with van der Waals surface area (Å²) in [7, 11) is 0. The molecular weight excluding hydrogens is 309 g/mol. The zero-order valence-electron chi connectivity index (χ0n) is 11.8. The van der Waals surface area contributed by atoms with E-state index in [2.05, 4.69) is 4.98 Å². The maximum Gasteiger partial charge on any atom is 0.406 e. The van der Waals surface area contributed by atoms with Gasteiger partial charge in [0.15, 0.2) is 16.6 Å². The van der Waals surface area contributed by atoms with Crippen molar-refractivity contribution in [3.8, 4) is 0 Å². The number of carbonyl (C=O) groups is 2. The lowest BCUT2D eigenvalue weighted by Crippen LogP contribution is -2.34. The molecular formula is C12H15F3N2O3S. The van der Waals surface area contributed by atoms with E-state index >= 15 is 0 Å². The zero-order chi connectivity index (χ0) is 16.2. The fraction of sp³-hybridized carbons (Fsp3) is 0.583. The first kappa shape index (κ1) is 17.4. The Morgan fingerprint density at radius 3 is 2.38 bits per heavy atom. The smallest absolute Gasteiger partial charge is 0.406 e. The Hall–Kier alpha value is -1.64. The summed E-state index contributed by atoms with van der Waals surface area (Å²) in [6, 6.07) is 0. The van der Waals surface area contributed by atoms with E-state index in [0.717, 1.165) is 16.2 Å². The van der Waals surface area contributed by atoms with Gasteiger partial charge in [0, 0.05) is 13.5 Å². The average Bonchev–Trinajstić information content (AvgIpc) is 2.80. The fourth-order valence-electron chi connectivity index (χ4n) is 1.55. The minimum atomic E-state index is -4.40. The third kappa shape index (κ3) is 4.69. The van der Waals surface area contributed by atoms with Gasteiger partial charge < -0.3 is 9.64 Å². The number of carbonyl (C=O) groups excluding carboxylic acids is 2. The van der Waals surface area contributed by atoms with Crippen molar-refractivity contribution in [1.29, 1.82) is 0 Å². The van der Waals surface area contributed by atoms with E-state index in [1.54, 1.807) is 6.92 Å². The van der Waals surface area contributed by atoms with Gasteiger partial charge in [-0.05, 0) is 13.8 Å². The predicted molar refractivity (Wildman–Crippen MR) is 72.0 cm³/mol. The molecule has 1 rings (SSSR count). The number of aromatic nitrogens is 1. The third-order valence-corrected chi connectivity index (χ3v) is 3.64. The lowest BCUT2D eigenvalue weighted by Gasteiger charge is -2.21.